The molecule has 6 N–H and O–H groups in total. The van der Waals surface area contributed by atoms with Crippen LogP contribution < -0.4 is 10.6 Å². The zero-order valence-corrected chi connectivity index (χ0v) is 21.2. The third kappa shape index (κ3) is 3.74. The van der Waals surface area contributed by atoms with Gasteiger partial charge in [-0.15, -0.1) is 0 Å². The molecule has 9 nitrogen and oxygen atoms in total. The van der Waals surface area contributed by atoms with Crippen LogP contribution in [0.5, 0.6) is 5.75 Å². The average Bonchev–Trinajstić information content (AvgIpc) is 3.34. The van der Waals surface area contributed by atoms with Crippen LogP contribution in [0, 0.1) is 17.8 Å². The Labute approximate surface area is 215 Å². The van der Waals surface area contributed by atoms with Crippen LogP contribution in [0.4, 0.5) is 5.69 Å². The van der Waals surface area contributed by atoms with Crippen LogP contribution in [0.2, 0.25) is 0 Å². The lowest BCUT2D eigenvalue weighted by atomic mass is 9.59. The van der Waals surface area contributed by atoms with Crippen LogP contribution >= 0.6 is 0 Å². The highest BCUT2D eigenvalue weighted by Crippen LogP contribution is 2.53. The van der Waals surface area contributed by atoms with E-state index in [2.05, 4.69) is 0 Å². The number of phenols is 1. The largest absolute Gasteiger partial charge is 0.508 e. The van der Waals surface area contributed by atoms with Gasteiger partial charge in [-0.25, -0.2) is 0 Å². The van der Waals surface area contributed by atoms with Gasteiger partial charge >= 0.3 is 0 Å². The van der Waals surface area contributed by atoms with Crippen molar-refractivity contribution in [2.24, 2.45) is 23.5 Å². The minimum atomic E-state index is -2.55. The normalized spacial score (nSPS) is 27.8. The number of hydrogen-bond donors (Lipinski definition) is 5. The highest BCUT2D eigenvalue weighted by atomic mass is 16.3. The molecule has 0 heterocycles. The quantitative estimate of drug-likeness (QED) is 0.378. The second-order valence-corrected chi connectivity index (χ2v) is 11.2. The van der Waals surface area contributed by atoms with Gasteiger partial charge in [0.15, 0.2) is 11.4 Å². The summed E-state index contributed by atoms with van der Waals surface area (Å²) in [6.07, 6.45) is 6.43. The molecule has 0 saturated heterocycles. The molecule has 0 bridgehead atoms. The topological polar surface area (TPSA) is 161 Å². The monoisotopic (exact) mass is 510 g/mol. The van der Waals surface area contributed by atoms with Crippen molar-refractivity contribution < 1.29 is 34.8 Å². The second-order valence-electron chi connectivity index (χ2n) is 11.2. The van der Waals surface area contributed by atoms with E-state index in [1.165, 1.54) is 25.7 Å². The smallest absolute Gasteiger partial charge is 0.255 e. The Bertz CT molecular complexity index is 1270. The van der Waals surface area contributed by atoms with Crippen molar-refractivity contribution in [3.8, 4) is 5.75 Å². The summed E-state index contributed by atoms with van der Waals surface area (Å²) in [5.74, 6) is -5.40. The molecule has 5 rings (SSSR count). The van der Waals surface area contributed by atoms with Crippen molar-refractivity contribution in [3.63, 3.8) is 0 Å². The first kappa shape index (κ1) is 25.3. The maximum absolute atomic E-state index is 13.7. The number of carbonyl (C=O) groups is 3. The lowest BCUT2D eigenvalue weighted by molar-refractivity contribution is -0.147. The summed E-state index contributed by atoms with van der Waals surface area (Å²) in [5, 5.41) is 44.9. The van der Waals surface area contributed by atoms with Crippen LogP contribution in [0.15, 0.2) is 23.0 Å². The minimum Gasteiger partial charge on any atom is -0.508 e. The molecule has 2 saturated carbocycles. The molecule has 0 aromatic heterocycles. The molecule has 0 spiro atoms. The number of aliphatic hydroxyl groups excluding tert-OH is 2. The van der Waals surface area contributed by atoms with E-state index in [-0.39, 0.29) is 29.7 Å². The molecule has 37 heavy (non-hydrogen) atoms. The molecule has 9 heteroatoms. The Balaban J connectivity index is 1.63. The average molecular weight is 511 g/mol. The summed E-state index contributed by atoms with van der Waals surface area (Å²) in [6.45, 7) is 0. The fourth-order valence-electron chi connectivity index (χ4n) is 6.97. The van der Waals surface area contributed by atoms with Crippen LogP contribution in [-0.2, 0) is 27.2 Å². The van der Waals surface area contributed by atoms with E-state index in [4.69, 9.17) is 5.73 Å². The number of aromatic hydroxyl groups is 1. The molecule has 2 fully saturated rings. The molecule has 0 aliphatic heterocycles. The van der Waals surface area contributed by atoms with Crippen molar-refractivity contribution >= 4 is 28.9 Å². The van der Waals surface area contributed by atoms with Gasteiger partial charge in [-0.2, -0.15) is 0 Å². The van der Waals surface area contributed by atoms with Gasteiger partial charge in [0.25, 0.3) is 5.91 Å². The molecule has 1 amide bonds. The highest BCUT2D eigenvalue weighted by molar-refractivity contribution is 6.22. The van der Waals surface area contributed by atoms with Gasteiger partial charge in [0.1, 0.15) is 22.8 Å². The minimum absolute atomic E-state index is 0.0830. The number of nitrogens with two attached hydrogens (primary N) is 1. The summed E-state index contributed by atoms with van der Waals surface area (Å²) in [4.78, 5) is 40.0. The summed E-state index contributed by atoms with van der Waals surface area (Å²) in [7, 11) is 3.75. The van der Waals surface area contributed by atoms with Crippen molar-refractivity contribution in [3.05, 3.63) is 39.7 Å². The summed E-state index contributed by atoms with van der Waals surface area (Å²) in [5.41, 5.74) is 4.18. The number of amides is 1. The standard InChI is InChI=1S/C28H34N2O7/c1-30(2)18-11-14(8-7-13-5-3-4-6-13)23(32)21-17(18)10-15-9-16-12-19(31)22(27(29)36)26(35)28(16,37)25(34)20(15)24(21)33/h11,13,15-16,32-33,35,37H,3-10,12H2,1-2H3,(H2,29,36)/t15-,16+,28+/m1/s1. The third-order valence-corrected chi connectivity index (χ3v) is 8.90. The number of fused-ring (bicyclic) bond motifs is 3. The zero-order valence-electron chi connectivity index (χ0n) is 21.2. The van der Waals surface area contributed by atoms with E-state index >= 15 is 0 Å². The number of nitrogens with zero attached hydrogens (tertiary/aromatic N) is 1. The fraction of sp³-hybridized carbons (Fsp3) is 0.536. The van der Waals surface area contributed by atoms with Gasteiger partial charge < -0.3 is 31.1 Å². The molecule has 0 radical (unpaired) electrons. The van der Waals surface area contributed by atoms with Crippen LogP contribution in [0.3, 0.4) is 0 Å². The van der Waals surface area contributed by atoms with Gasteiger partial charge in [-0.1, -0.05) is 25.7 Å². The van der Waals surface area contributed by atoms with Gasteiger partial charge in [0.2, 0.25) is 5.78 Å². The maximum atomic E-state index is 13.7. The Kier molecular flexibility index (Phi) is 6.09. The Morgan fingerprint density at radius 2 is 1.81 bits per heavy atom. The van der Waals surface area contributed by atoms with E-state index in [1.807, 2.05) is 25.1 Å². The molecule has 4 aliphatic carbocycles. The molecule has 1 aromatic carbocycles. The van der Waals surface area contributed by atoms with E-state index < -0.39 is 52.0 Å². The van der Waals surface area contributed by atoms with E-state index in [1.54, 1.807) is 0 Å². The van der Waals surface area contributed by atoms with Crippen molar-refractivity contribution in [2.75, 3.05) is 19.0 Å². The number of hydrogen-bond acceptors (Lipinski definition) is 8. The number of Topliss-reactive ketones (excluding diaryl/α,β-unsaturated/α-hetero) is 2. The molecule has 0 unspecified atom stereocenters. The van der Waals surface area contributed by atoms with Crippen molar-refractivity contribution in [1.82, 2.24) is 0 Å². The first-order valence-electron chi connectivity index (χ1n) is 13.0. The van der Waals surface area contributed by atoms with E-state index in [0.29, 0.717) is 29.9 Å². The van der Waals surface area contributed by atoms with Crippen molar-refractivity contribution in [1.29, 1.82) is 0 Å². The number of rotatable bonds is 5. The van der Waals surface area contributed by atoms with E-state index in [0.717, 1.165) is 12.1 Å². The molecule has 198 valence electrons. The third-order valence-electron chi connectivity index (χ3n) is 8.90. The fourth-order valence-corrected chi connectivity index (χ4v) is 6.97. The number of aryl methyl sites for hydroxylation is 1. The molecule has 4 aliphatic rings. The van der Waals surface area contributed by atoms with Crippen molar-refractivity contribution in [2.45, 2.75) is 63.4 Å². The predicted molar refractivity (Wildman–Crippen MR) is 136 cm³/mol. The van der Waals surface area contributed by atoms with Gasteiger partial charge in [-0.3, -0.25) is 14.4 Å². The maximum Gasteiger partial charge on any atom is 0.255 e. The summed E-state index contributed by atoms with van der Waals surface area (Å²) >= 11 is 0. The number of ketones is 2. The molecular formula is C28H34N2O7. The molecule has 1 aromatic rings. The first-order chi connectivity index (χ1) is 17.5. The Morgan fingerprint density at radius 1 is 1.14 bits per heavy atom. The SMILES string of the molecule is CN(C)c1cc(CCC2CCCC2)c(O)c2c1C[C@H]1C[C@H]3CC(=O)C(C(N)=O)=C(O)[C@@]3(O)C(=O)C1=C2O. The Morgan fingerprint density at radius 3 is 2.43 bits per heavy atom. The van der Waals surface area contributed by atoms with Gasteiger partial charge in [-0.05, 0) is 54.7 Å². The zero-order chi connectivity index (χ0) is 26.8. The number of primary amides is 1. The lowest BCUT2D eigenvalue weighted by Gasteiger charge is -2.46. The summed E-state index contributed by atoms with van der Waals surface area (Å²) < 4.78 is 0. The number of phenolic OH excluding ortho intramolecular Hbond substituents is 1. The molecular weight excluding hydrogens is 476 g/mol. The predicted octanol–water partition coefficient (Wildman–Crippen LogP) is 2.61. The lowest BCUT2D eigenvalue weighted by Crippen LogP contribution is -2.58. The highest BCUT2D eigenvalue weighted by Gasteiger charge is 2.60. The number of carbonyl (C=O) groups excluding carboxylic acids is 3. The van der Waals surface area contributed by atoms with Crippen LogP contribution in [-0.4, -0.2) is 57.6 Å². The van der Waals surface area contributed by atoms with Gasteiger partial charge in [0, 0.05) is 37.7 Å². The molecule has 3 atom stereocenters. The number of benzene rings is 1. The number of anilines is 1. The number of aliphatic hydroxyl groups is 3. The van der Waals surface area contributed by atoms with E-state index in [9.17, 15) is 34.8 Å². The van der Waals surface area contributed by atoms with Crippen LogP contribution in [0.25, 0.3) is 5.76 Å². The van der Waals surface area contributed by atoms with Crippen LogP contribution in [0.1, 0.15) is 61.6 Å². The van der Waals surface area contributed by atoms with Gasteiger partial charge in [0.05, 0.1) is 5.56 Å². The Hall–Kier alpha value is -3.33. The summed E-state index contributed by atoms with van der Waals surface area (Å²) in [6, 6.07) is 1.94. The second kappa shape index (κ2) is 8.90. The first-order valence-corrected chi connectivity index (χ1v) is 13.0.